The van der Waals surface area contributed by atoms with E-state index in [-0.39, 0.29) is 0 Å². The third kappa shape index (κ3) is 2.86. The number of ether oxygens (including phenoxy) is 1. The highest BCUT2D eigenvalue weighted by Gasteiger charge is 2.22. The molecule has 0 bridgehead atoms. The molecule has 4 aromatic rings. The first-order valence-corrected chi connectivity index (χ1v) is 8.88. The molecule has 2 aromatic carbocycles. The Morgan fingerprint density at radius 1 is 0.852 bits per heavy atom. The molecule has 132 valence electrons. The Bertz CT molecular complexity index is 1160. The number of nitriles is 1. The van der Waals surface area contributed by atoms with Crippen molar-refractivity contribution in [3.8, 4) is 34.2 Å². The molecule has 0 aliphatic heterocycles. The van der Waals surface area contributed by atoms with Crippen LogP contribution >= 0.6 is 0 Å². The number of methoxy groups -OCH3 is 1. The van der Waals surface area contributed by atoms with Crippen LogP contribution in [0.15, 0.2) is 66.9 Å². The Morgan fingerprint density at radius 2 is 1.44 bits per heavy atom. The van der Waals surface area contributed by atoms with E-state index in [1.165, 1.54) is 11.1 Å². The van der Waals surface area contributed by atoms with E-state index in [1.54, 1.807) is 7.11 Å². The van der Waals surface area contributed by atoms with E-state index in [9.17, 15) is 5.26 Å². The van der Waals surface area contributed by atoms with Gasteiger partial charge in [0.25, 0.3) is 0 Å². The molecule has 2 aromatic heterocycles. The summed E-state index contributed by atoms with van der Waals surface area (Å²) in [5.74, 6) is 0.784. The molecule has 0 amide bonds. The third-order valence-corrected chi connectivity index (χ3v) is 4.89. The molecule has 0 aliphatic carbocycles. The number of aryl methyl sites for hydroxylation is 2. The zero-order valence-electron chi connectivity index (χ0n) is 15.7. The van der Waals surface area contributed by atoms with Gasteiger partial charge in [0.2, 0.25) is 0 Å². The summed E-state index contributed by atoms with van der Waals surface area (Å²) < 4.78 is 7.95. The van der Waals surface area contributed by atoms with Gasteiger partial charge in [0.1, 0.15) is 0 Å². The Balaban J connectivity index is 2.12. The number of hydrogen-bond donors (Lipinski definition) is 0. The highest BCUT2D eigenvalue weighted by Crippen LogP contribution is 2.44. The smallest absolute Gasteiger partial charge is 0.152 e. The van der Waals surface area contributed by atoms with Crippen molar-refractivity contribution >= 4 is 5.52 Å². The van der Waals surface area contributed by atoms with Crippen LogP contribution < -0.4 is 4.74 Å². The minimum absolute atomic E-state index is 0.615. The fourth-order valence-electron chi connectivity index (χ4n) is 3.49. The molecule has 27 heavy (non-hydrogen) atoms. The van der Waals surface area contributed by atoms with Gasteiger partial charge in [-0.3, -0.25) is 0 Å². The zero-order chi connectivity index (χ0) is 19.0. The lowest BCUT2D eigenvalue weighted by molar-refractivity contribution is 0.421. The fraction of sp³-hybridized carbons (Fsp3) is 0.125. The van der Waals surface area contributed by atoms with Crippen molar-refractivity contribution in [1.29, 1.82) is 5.26 Å². The van der Waals surface area contributed by atoms with Crippen molar-refractivity contribution in [3.63, 3.8) is 0 Å². The van der Waals surface area contributed by atoms with Crippen LogP contribution in [0.4, 0.5) is 0 Å². The Morgan fingerprint density at radius 3 is 2.00 bits per heavy atom. The third-order valence-electron chi connectivity index (χ3n) is 4.89. The first kappa shape index (κ1) is 16.9. The van der Waals surface area contributed by atoms with Gasteiger partial charge in [0, 0.05) is 6.20 Å². The maximum absolute atomic E-state index is 9.33. The van der Waals surface area contributed by atoms with Gasteiger partial charge >= 0.3 is 0 Å². The quantitative estimate of drug-likeness (QED) is 0.469. The maximum Gasteiger partial charge on any atom is 0.152 e. The van der Waals surface area contributed by atoms with E-state index in [0.717, 1.165) is 33.7 Å². The summed E-state index contributed by atoms with van der Waals surface area (Å²) >= 11 is 0. The molecule has 4 rings (SSSR count). The predicted octanol–water partition coefficient (Wildman–Crippen LogP) is 5.77. The average molecular weight is 352 g/mol. The van der Waals surface area contributed by atoms with Crippen LogP contribution in [0.3, 0.4) is 0 Å². The maximum atomic E-state index is 9.33. The molecule has 0 saturated carbocycles. The van der Waals surface area contributed by atoms with Gasteiger partial charge in [-0.2, -0.15) is 5.26 Å². The molecule has 0 atom stereocenters. The Labute approximate surface area is 159 Å². The van der Waals surface area contributed by atoms with E-state index in [2.05, 4.69) is 72.8 Å². The Hall–Kier alpha value is -3.51. The highest BCUT2D eigenvalue weighted by molar-refractivity contribution is 5.94. The number of hydrogen-bond acceptors (Lipinski definition) is 2. The lowest BCUT2D eigenvalue weighted by Crippen LogP contribution is -1.90. The number of pyridine rings is 1. The molecule has 0 aliphatic rings. The second kappa shape index (κ2) is 6.66. The fourth-order valence-corrected chi connectivity index (χ4v) is 3.49. The van der Waals surface area contributed by atoms with Crippen molar-refractivity contribution in [3.05, 3.63) is 83.6 Å². The summed E-state index contributed by atoms with van der Waals surface area (Å²) in [6, 6.07) is 22.9. The standard InChI is InChI=1S/C24H20N2O/c1-16-4-8-19(9-5-16)22-23(20-10-6-17(2)7-11-20)26-13-12-18(15-25)14-21(26)24(22)27-3/h4-14H,1-3H3. The summed E-state index contributed by atoms with van der Waals surface area (Å²) in [5.41, 5.74) is 8.24. The summed E-state index contributed by atoms with van der Waals surface area (Å²) in [6.07, 6.45) is 1.95. The minimum Gasteiger partial charge on any atom is -0.494 e. The monoisotopic (exact) mass is 352 g/mol. The summed E-state index contributed by atoms with van der Waals surface area (Å²) in [5, 5.41) is 9.33. The topological polar surface area (TPSA) is 37.4 Å². The van der Waals surface area contributed by atoms with Crippen LogP contribution in [0.5, 0.6) is 5.75 Å². The van der Waals surface area contributed by atoms with Crippen molar-refractivity contribution in [2.75, 3.05) is 7.11 Å². The summed E-state index contributed by atoms with van der Waals surface area (Å²) in [7, 11) is 1.69. The first-order chi connectivity index (χ1) is 13.1. The van der Waals surface area contributed by atoms with Crippen LogP contribution in [-0.4, -0.2) is 11.5 Å². The van der Waals surface area contributed by atoms with E-state index in [0.29, 0.717) is 5.56 Å². The molecule has 0 radical (unpaired) electrons. The number of aromatic nitrogens is 1. The van der Waals surface area contributed by atoms with Crippen molar-refractivity contribution in [2.24, 2.45) is 0 Å². The lowest BCUT2D eigenvalue weighted by atomic mass is 9.99. The molecule has 0 fully saturated rings. The largest absolute Gasteiger partial charge is 0.494 e. The number of fused-ring (bicyclic) bond motifs is 1. The van der Waals surface area contributed by atoms with Gasteiger partial charge in [-0.05, 0) is 37.1 Å². The van der Waals surface area contributed by atoms with Gasteiger partial charge < -0.3 is 9.14 Å². The van der Waals surface area contributed by atoms with Crippen LogP contribution in [0.25, 0.3) is 27.9 Å². The molecule has 3 heteroatoms. The van der Waals surface area contributed by atoms with Gasteiger partial charge in [-0.15, -0.1) is 0 Å². The highest BCUT2D eigenvalue weighted by atomic mass is 16.5. The van der Waals surface area contributed by atoms with Gasteiger partial charge in [-0.1, -0.05) is 59.7 Å². The van der Waals surface area contributed by atoms with E-state index >= 15 is 0 Å². The van der Waals surface area contributed by atoms with Gasteiger partial charge in [-0.25, -0.2) is 0 Å². The van der Waals surface area contributed by atoms with Crippen LogP contribution in [-0.2, 0) is 0 Å². The SMILES string of the molecule is COc1c(-c2ccc(C)cc2)c(-c2ccc(C)cc2)n2ccc(C#N)cc12. The average Bonchev–Trinajstić information content (AvgIpc) is 3.02. The molecule has 3 nitrogen and oxygen atoms in total. The lowest BCUT2D eigenvalue weighted by Gasteiger charge is -2.09. The molecule has 0 spiro atoms. The number of rotatable bonds is 3. The molecule has 0 unspecified atom stereocenters. The molecule has 0 N–H and O–H groups in total. The van der Waals surface area contributed by atoms with Gasteiger partial charge in [0.15, 0.2) is 5.75 Å². The van der Waals surface area contributed by atoms with Crippen molar-refractivity contribution < 1.29 is 4.74 Å². The van der Waals surface area contributed by atoms with Crippen LogP contribution in [0.1, 0.15) is 16.7 Å². The number of nitrogens with zero attached hydrogens (tertiary/aromatic N) is 2. The first-order valence-electron chi connectivity index (χ1n) is 8.88. The second-order valence-electron chi connectivity index (χ2n) is 6.77. The second-order valence-corrected chi connectivity index (χ2v) is 6.77. The van der Waals surface area contributed by atoms with Crippen molar-refractivity contribution in [2.45, 2.75) is 13.8 Å². The zero-order valence-corrected chi connectivity index (χ0v) is 15.7. The minimum atomic E-state index is 0.615. The molecular formula is C24H20N2O. The number of benzene rings is 2. The van der Waals surface area contributed by atoms with E-state index in [1.807, 2.05) is 18.3 Å². The van der Waals surface area contributed by atoms with Crippen LogP contribution in [0.2, 0.25) is 0 Å². The molecular weight excluding hydrogens is 332 g/mol. The predicted molar refractivity (Wildman–Crippen MR) is 109 cm³/mol. The Kier molecular flexibility index (Phi) is 4.18. The molecule has 2 heterocycles. The van der Waals surface area contributed by atoms with Crippen LogP contribution in [0, 0.1) is 25.2 Å². The molecule has 0 saturated heterocycles. The normalized spacial score (nSPS) is 10.7. The van der Waals surface area contributed by atoms with E-state index < -0.39 is 0 Å². The van der Waals surface area contributed by atoms with E-state index in [4.69, 9.17) is 4.74 Å². The summed E-state index contributed by atoms with van der Waals surface area (Å²) in [6.45, 7) is 4.16. The van der Waals surface area contributed by atoms with Gasteiger partial charge in [0.05, 0.1) is 35.5 Å². The van der Waals surface area contributed by atoms with Crippen molar-refractivity contribution in [1.82, 2.24) is 4.40 Å². The summed E-state index contributed by atoms with van der Waals surface area (Å²) in [4.78, 5) is 0.